The lowest BCUT2D eigenvalue weighted by atomic mass is 10.2. The van der Waals surface area contributed by atoms with Gasteiger partial charge in [-0.2, -0.15) is 0 Å². The molecule has 6 nitrogen and oxygen atoms in total. The summed E-state index contributed by atoms with van der Waals surface area (Å²) in [5.74, 6) is -0.276. The summed E-state index contributed by atoms with van der Waals surface area (Å²) in [6, 6.07) is 6.27. The van der Waals surface area contributed by atoms with E-state index in [1.807, 2.05) is 24.3 Å². The molecule has 1 unspecified atom stereocenters. The van der Waals surface area contributed by atoms with E-state index in [0.717, 1.165) is 11.3 Å². The average molecular weight is 294 g/mol. The van der Waals surface area contributed by atoms with E-state index < -0.39 is 12.0 Å². The van der Waals surface area contributed by atoms with Gasteiger partial charge in [0.1, 0.15) is 11.8 Å². The Labute approximate surface area is 124 Å². The maximum atomic E-state index is 12.3. The quantitative estimate of drug-likeness (QED) is 0.871. The first-order chi connectivity index (χ1) is 9.90. The lowest BCUT2D eigenvalue weighted by Gasteiger charge is -2.29. The molecule has 0 fully saturated rings. The highest BCUT2D eigenvalue weighted by Crippen LogP contribution is 2.15. The monoisotopic (exact) mass is 294 g/mol. The molecule has 2 amide bonds. The normalized spacial score (nSPS) is 11.6. The van der Waals surface area contributed by atoms with Crippen molar-refractivity contribution in [2.24, 2.45) is 0 Å². The number of benzene rings is 1. The summed E-state index contributed by atoms with van der Waals surface area (Å²) in [7, 11) is 4.74. The molecule has 1 atom stereocenters. The van der Waals surface area contributed by atoms with Crippen LogP contribution in [0.3, 0.4) is 0 Å². The summed E-state index contributed by atoms with van der Waals surface area (Å²) < 4.78 is 5.14. The zero-order valence-electron chi connectivity index (χ0n) is 12.9. The van der Waals surface area contributed by atoms with Gasteiger partial charge in [-0.1, -0.05) is 19.1 Å². The van der Waals surface area contributed by atoms with Crippen molar-refractivity contribution in [2.75, 3.05) is 21.2 Å². The number of carboxylic acids is 1. The first-order valence-electron chi connectivity index (χ1n) is 6.74. The van der Waals surface area contributed by atoms with Crippen molar-refractivity contribution in [3.63, 3.8) is 0 Å². The third-order valence-electron chi connectivity index (χ3n) is 3.32. The number of hydrogen-bond acceptors (Lipinski definition) is 3. The first kappa shape index (κ1) is 16.8. The summed E-state index contributed by atoms with van der Waals surface area (Å²) in [6.45, 7) is 2.13. The predicted octanol–water partition coefficient (Wildman–Crippen LogP) is 2.04. The molecule has 0 aliphatic carbocycles. The van der Waals surface area contributed by atoms with E-state index in [0.29, 0.717) is 13.0 Å². The molecule has 0 saturated heterocycles. The lowest BCUT2D eigenvalue weighted by molar-refractivity contribution is -0.142. The lowest BCUT2D eigenvalue weighted by Crippen LogP contribution is -2.47. The zero-order valence-corrected chi connectivity index (χ0v) is 12.9. The largest absolute Gasteiger partial charge is 0.497 e. The smallest absolute Gasteiger partial charge is 0.326 e. The second kappa shape index (κ2) is 7.52. The molecule has 0 aliphatic rings. The van der Waals surface area contributed by atoms with Crippen LogP contribution in [0, 0.1) is 0 Å². The van der Waals surface area contributed by atoms with Gasteiger partial charge in [0.05, 0.1) is 7.11 Å². The van der Waals surface area contributed by atoms with Crippen molar-refractivity contribution < 1.29 is 19.4 Å². The number of ether oxygens (including phenoxy) is 1. The van der Waals surface area contributed by atoms with Crippen LogP contribution in [0.15, 0.2) is 24.3 Å². The van der Waals surface area contributed by atoms with Crippen molar-refractivity contribution in [3.05, 3.63) is 29.8 Å². The molecule has 6 heteroatoms. The molecule has 0 radical (unpaired) electrons. The molecule has 0 heterocycles. The van der Waals surface area contributed by atoms with E-state index in [2.05, 4.69) is 0 Å². The number of hydrogen-bond donors (Lipinski definition) is 1. The maximum absolute atomic E-state index is 12.3. The van der Waals surface area contributed by atoms with Crippen LogP contribution in [0.25, 0.3) is 0 Å². The van der Waals surface area contributed by atoms with Crippen molar-refractivity contribution in [1.82, 2.24) is 9.80 Å². The van der Waals surface area contributed by atoms with Crippen LogP contribution < -0.4 is 4.74 Å². The predicted molar refractivity (Wildman–Crippen MR) is 79.3 cm³/mol. The fourth-order valence-corrected chi connectivity index (χ4v) is 2.13. The average Bonchev–Trinajstić information content (AvgIpc) is 2.46. The van der Waals surface area contributed by atoms with Gasteiger partial charge in [-0.25, -0.2) is 9.59 Å². The molecular weight excluding hydrogens is 272 g/mol. The third-order valence-corrected chi connectivity index (χ3v) is 3.32. The van der Waals surface area contributed by atoms with Crippen LogP contribution in [-0.2, 0) is 11.3 Å². The highest BCUT2D eigenvalue weighted by molar-refractivity contribution is 5.82. The molecule has 1 aromatic rings. The van der Waals surface area contributed by atoms with Crippen LogP contribution in [0.1, 0.15) is 18.9 Å². The molecule has 1 rings (SSSR count). The first-order valence-corrected chi connectivity index (χ1v) is 6.74. The van der Waals surface area contributed by atoms with Crippen LogP contribution in [-0.4, -0.2) is 54.2 Å². The minimum atomic E-state index is -0.997. The van der Waals surface area contributed by atoms with Crippen molar-refractivity contribution in [1.29, 1.82) is 0 Å². The topological polar surface area (TPSA) is 70.1 Å². The number of carboxylic acid groups (broad SMARTS) is 1. The number of nitrogens with zero attached hydrogens (tertiary/aromatic N) is 2. The molecule has 1 aromatic carbocycles. The molecule has 21 heavy (non-hydrogen) atoms. The zero-order chi connectivity index (χ0) is 16.0. The summed E-state index contributed by atoms with van der Waals surface area (Å²) in [5.41, 5.74) is 0.918. The number of amides is 2. The molecule has 116 valence electrons. The molecule has 0 aromatic heterocycles. The van der Waals surface area contributed by atoms with Crippen LogP contribution in [0.2, 0.25) is 0 Å². The van der Waals surface area contributed by atoms with E-state index in [4.69, 9.17) is 9.84 Å². The summed E-state index contributed by atoms with van der Waals surface area (Å²) in [4.78, 5) is 26.1. The highest BCUT2D eigenvalue weighted by atomic mass is 16.5. The Hall–Kier alpha value is -2.24. The van der Waals surface area contributed by atoms with E-state index in [9.17, 15) is 9.59 Å². The Morgan fingerprint density at radius 3 is 2.52 bits per heavy atom. The van der Waals surface area contributed by atoms with E-state index >= 15 is 0 Å². The fourth-order valence-electron chi connectivity index (χ4n) is 2.13. The van der Waals surface area contributed by atoms with Crippen molar-refractivity contribution in [2.45, 2.75) is 25.9 Å². The number of methoxy groups -OCH3 is 1. The molecule has 0 bridgehead atoms. The maximum Gasteiger partial charge on any atom is 0.326 e. The van der Waals surface area contributed by atoms with Gasteiger partial charge in [-0.3, -0.25) is 0 Å². The number of likely N-dealkylation sites (N-methyl/N-ethyl adjacent to an activating group) is 1. The van der Waals surface area contributed by atoms with Gasteiger partial charge >= 0.3 is 12.0 Å². The van der Waals surface area contributed by atoms with Gasteiger partial charge in [0, 0.05) is 20.6 Å². The molecule has 0 spiro atoms. The SMILES string of the molecule is CCC(C(=O)O)N(C)C(=O)N(C)Cc1cccc(OC)c1. The summed E-state index contributed by atoms with van der Waals surface area (Å²) in [5, 5.41) is 9.10. The van der Waals surface area contributed by atoms with Crippen LogP contribution in [0.5, 0.6) is 5.75 Å². The molecule has 1 N–H and O–H groups in total. The molecular formula is C15H22N2O4. The summed E-state index contributed by atoms with van der Waals surface area (Å²) in [6.07, 6.45) is 0.366. The highest BCUT2D eigenvalue weighted by Gasteiger charge is 2.26. The second-order valence-corrected chi connectivity index (χ2v) is 4.86. The van der Waals surface area contributed by atoms with E-state index in [1.165, 1.54) is 16.8 Å². The van der Waals surface area contributed by atoms with E-state index in [1.54, 1.807) is 21.1 Å². The Morgan fingerprint density at radius 2 is 2.00 bits per heavy atom. The van der Waals surface area contributed by atoms with Crippen molar-refractivity contribution in [3.8, 4) is 5.75 Å². The number of carbonyl (C=O) groups excluding carboxylic acids is 1. The van der Waals surface area contributed by atoms with E-state index in [-0.39, 0.29) is 6.03 Å². The van der Waals surface area contributed by atoms with Gasteiger partial charge in [0.15, 0.2) is 0 Å². The minimum absolute atomic E-state index is 0.327. The minimum Gasteiger partial charge on any atom is -0.497 e. The summed E-state index contributed by atoms with van der Waals surface area (Å²) >= 11 is 0. The van der Waals surface area contributed by atoms with Gasteiger partial charge in [0.25, 0.3) is 0 Å². The van der Waals surface area contributed by atoms with Gasteiger partial charge < -0.3 is 19.6 Å². The number of rotatable bonds is 6. The van der Waals surface area contributed by atoms with Crippen molar-refractivity contribution >= 4 is 12.0 Å². The van der Waals surface area contributed by atoms with Crippen LogP contribution in [0.4, 0.5) is 4.79 Å². The Morgan fingerprint density at radius 1 is 1.33 bits per heavy atom. The van der Waals surface area contributed by atoms with Gasteiger partial charge in [-0.05, 0) is 24.1 Å². The Kier molecular flexibility index (Phi) is 6.02. The second-order valence-electron chi connectivity index (χ2n) is 4.86. The Balaban J connectivity index is 2.75. The molecule has 0 aliphatic heterocycles. The number of aliphatic carboxylic acids is 1. The van der Waals surface area contributed by atoms with Gasteiger partial charge in [0.2, 0.25) is 0 Å². The fraction of sp³-hybridized carbons (Fsp3) is 0.467. The van der Waals surface area contributed by atoms with Gasteiger partial charge in [-0.15, -0.1) is 0 Å². The van der Waals surface area contributed by atoms with Crippen LogP contribution >= 0.6 is 0 Å². The standard InChI is InChI=1S/C15H22N2O4/c1-5-13(14(18)19)17(3)15(20)16(2)10-11-7-6-8-12(9-11)21-4/h6-9,13H,5,10H2,1-4H3,(H,18,19). The Bertz CT molecular complexity index is 504. The number of carbonyl (C=O) groups is 2. The number of urea groups is 1. The third kappa shape index (κ3) is 4.37. The molecule has 0 saturated carbocycles.